The topological polar surface area (TPSA) is 96.2 Å². The summed E-state index contributed by atoms with van der Waals surface area (Å²) in [6.45, 7) is 0. The molecule has 0 atom stereocenters. The van der Waals surface area contributed by atoms with Crippen molar-refractivity contribution in [3.8, 4) is 5.75 Å². The van der Waals surface area contributed by atoms with Crippen molar-refractivity contribution in [1.82, 2.24) is 4.98 Å². The molecular weight excluding hydrogens is 279 g/mol. The number of nitro groups is 1. The minimum absolute atomic E-state index is 0.0817. The standard InChI is InChI=1S/C5H3IN2O4/c6-3-4(9)2(8(11)12)1-7-5(3)10/h1H,(H2,7,9,10). The van der Waals surface area contributed by atoms with E-state index in [0.717, 1.165) is 6.20 Å². The SMILES string of the molecule is O=c1[nH]cc([N+](=O)[O-])c(O)c1I. The second kappa shape index (κ2) is 3.09. The molecule has 2 N–H and O–H groups in total. The molecule has 64 valence electrons. The fraction of sp³-hybridized carbons (Fsp3) is 0. The molecule has 6 nitrogen and oxygen atoms in total. The largest absolute Gasteiger partial charge is 0.501 e. The Morgan fingerprint density at radius 3 is 2.75 bits per heavy atom. The van der Waals surface area contributed by atoms with Crippen LogP contribution in [0.2, 0.25) is 0 Å². The first-order valence-electron chi connectivity index (χ1n) is 2.78. The summed E-state index contributed by atoms with van der Waals surface area (Å²) in [7, 11) is 0. The Hall–Kier alpha value is -1.12. The van der Waals surface area contributed by atoms with Gasteiger partial charge in [-0.15, -0.1) is 0 Å². The van der Waals surface area contributed by atoms with Gasteiger partial charge in [-0.2, -0.15) is 0 Å². The highest BCUT2D eigenvalue weighted by Gasteiger charge is 2.17. The number of aromatic amines is 1. The van der Waals surface area contributed by atoms with E-state index in [0.29, 0.717) is 0 Å². The average molecular weight is 282 g/mol. The van der Waals surface area contributed by atoms with E-state index in [4.69, 9.17) is 5.11 Å². The third-order valence-corrected chi connectivity index (χ3v) is 2.19. The summed E-state index contributed by atoms with van der Waals surface area (Å²) in [5.41, 5.74) is -1.04. The van der Waals surface area contributed by atoms with Crippen LogP contribution in [0.3, 0.4) is 0 Å². The Kier molecular flexibility index (Phi) is 2.31. The highest BCUT2D eigenvalue weighted by Crippen LogP contribution is 2.26. The molecule has 0 spiro atoms. The quantitative estimate of drug-likeness (QED) is 0.447. The van der Waals surface area contributed by atoms with Gasteiger partial charge in [0.1, 0.15) is 3.57 Å². The minimum Gasteiger partial charge on any atom is -0.501 e. The van der Waals surface area contributed by atoms with Gasteiger partial charge < -0.3 is 10.1 Å². The normalized spacial score (nSPS) is 9.75. The van der Waals surface area contributed by atoms with Crippen molar-refractivity contribution in [3.63, 3.8) is 0 Å². The summed E-state index contributed by atoms with van der Waals surface area (Å²) in [6, 6.07) is 0. The summed E-state index contributed by atoms with van der Waals surface area (Å²) < 4.78 is -0.0817. The Balaban J connectivity index is 3.47. The number of hydrogen-bond donors (Lipinski definition) is 2. The molecule has 0 saturated carbocycles. The zero-order valence-electron chi connectivity index (χ0n) is 5.57. The van der Waals surface area contributed by atoms with Crippen molar-refractivity contribution in [3.05, 3.63) is 30.2 Å². The van der Waals surface area contributed by atoms with Crippen molar-refractivity contribution >= 4 is 28.3 Å². The molecule has 0 fully saturated rings. The van der Waals surface area contributed by atoms with E-state index in [2.05, 4.69) is 4.98 Å². The van der Waals surface area contributed by atoms with Crippen molar-refractivity contribution in [1.29, 1.82) is 0 Å². The van der Waals surface area contributed by atoms with Crippen LogP contribution in [0.25, 0.3) is 0 Å². The Morgan fingerprint density at radius 1 is 1.67 bits per heavy atom. The number of H-pyrrole nitrogens is 1. The van der Waals surface area contributed by atoms with E-state index < -0.39 is 21.9 Å². The Morgan fingerprint density at radius 2 is 2.25 bits per heavy atom. The van der Waals surface area contributed by atoms with E-state index in [1.54, 1.807) is 0 Å². The maximum Gasteiger partial charge on any atom is 0.327 e. The van der Waals surface area contributed by atoms with E-state index >= 15 is 0 Å². The molecule has 0 amide bonds. The highest BCUT2D eigenvalue weighted by molar-refractivity contribution is 14.1. The van der Waals surface area contributed by atoms with E-state index in [-0.39, 0.29) is 3.57 Å². The highest BCUT2D eigenvalue weighted by atomic mass is 127. The van der Waals surface area contributed by atoms with Gasteiger partial charge in [0.15, 0.2) is 0 Å². The summed E-state index contributed by atoms with van der Waals surface area (Å²) >= 11 is 1.53. The van der Waals surface area contributed by atoms with Crippen LogP contribution >= 0.6 is 22.6 Å². The minimum atomic E-state index is -0.770. The number of nitrogens with one attached hydrogen (secondary N) is 1. The molecule has 1 aromatic rings. The fourth-order valence-electron chi connectivity index (χ4n) is 0.625. The van der Waals surface area contributed by atoms with E-state index in [1.807, 2.05) is 0 Å². The molecule has 0 aliphatic heterocycles. The molecule has 0 aliphatic carbocycles. The van der Waals surface area contributed by atoms with E-state index in [9.17, 15) is 14.9 Å². The summed E-state index contributed by atoms with van der Waals surface area (Å²) in [5, 5.41) is 19.3. The van der Waals surface area contributed by atoms with Crippen LogP contribution in [0.1, 0.15) is 0 Å². The van der Waals surface area contributed by atoms with E-state index in [1.165, 1.54) is 22.6 Å². The van der Waals surface area contributed by atoms with Crippen LogP contribution < -0.4 is 5.56 Å². The number of nitrogens with zero attached hydrogens (tertiary/aromatic N) is 1. The maximum absolute atomic E-state index is 10.8. The zero-order chi connectivity index (χ0) is 9.30. The average Bonchev–Trinajstić information content (AvgIpc) is 2.00. The molecular formula is C5H3IN2O4. The molecule has 0 radical (unpaired) electrons. The lowest BCUT2D eigenvalue weighted by Crippen LogP contribution is -2.09. The van der Waals surface area contributed by atoms with Crippen LogP contribution in [0, 0.1) is 13.7 Å². The third-order valence-electron chi connectivity index (χ3n) is 1.19. The molecule has 1 aromatic heterocycles. The zero-order valence-corrected chi connectivity index (χ0v) is 7.73. The van der Waals surface area contributed by atoms with Crippen LogP contribution in [0.4, 0.5) is 5.69 Å². The summed E-state index contributed by atoms with van der Waals surface area (Å²) in [5.74, 6) is -0.593. The fourth-order valence-corrected chi connectivity index (χ4v) is 1.06. The van der Waals surface area contributed by atoms with Gasteiger partial charge in [-0.25, -0.2) is 0 Å². The number of aromatic nitrogens is 1. The molecule has 12 heavy (non-hydrogen) atoms. The molecule has 0 aromatic carbocycles. The van der Waals surface area contributed by atoms with Gasteiger partial charge in [0.2, 0.25) is 5.75 Å². The van der Waals surface area contributed by atoms with Gasteiger partial charge >= 0.3 is 5.69 Å². The monoisotopic (exact) mass is 282 g/mol. The second-order valence-corrected chi connectivity index (χ2v) is 3.00. The van der Waals surface area contributed by atoms with Gasteiger partial charge in [-0.1, -0.05) is 0 Å². The smallest absolute Gasteiger partial charge is 0.327 e. The van der Waals surface area contributed by atoms with Crippen LogP contribution in [0.5, 0.6) is 5.75 Å². The lowest BCUT2D eigenvalue weighted by molar-refractivity contribution is -0.386. The molecule has 0 aliphatic rings. The summed E-state index contributed by atoms with van der Waals surface area (Å²) in [4.78, 5) is 22.3. The molecule has 0 unspecified atom stereocenters. The van der Waals surface area contributed by atoms with Crippen molar-refractivity contribution < 1.29 is 10.0 Å². The predicted molar refractivity (Wildman–Crippen MR) is 48.1 cm³/mol. The maximum atomic E-state index is 10.8. The first kappa shape index (κ1) is 8.97. The Labute approximate surface area is 79.5 Å². The molecule has 1 rings (SSSR count). The van der Waals surface area contributed by atoms with Crippen LogP contribution in [0.15, 0.2) is 11.0 Å². The van der Waals surface area contributed by atoms with Gasteiger partial charge in [-0.3, -0.25) is 14.9 Å². The number of aromatic hydroxyl groups is 1. The first-order valence-corrected chi connectivity index (χ1v) is 3.86. The van der Waals surface area contributed by atoms with Crippen molar-refractivity contribution in [2.24, 2.45) is 0 Å². The van der Waals surface area contributed by atoms with Gasteiger partial charge in [0.25, 0.3) is 5.56 Å². The third kappa shape index (κ3) is 1.40. The predicted octanol–water partition coefficient (Wildman–Crippen LogP) is 0.593. The number of halogens is 1. The Bertz CT molecular complexity index is 386. The van der Waals surface area contributed by atoms with Crippen molar-refractivity contribution in [2.75, 3.05) is 0 Å². The first-order chi connectivity index (χ1) is 5.54. The number of hydrogen-bond acceptors (Lipinski definition) is 4. The van der Waals surface area contributed by atoms with Gasteiger partial charge in [0, 0.05) is 0 Å². The number of pyridine rings is 1. The lowest BCUT2D eigenvalue weighted by Gasteiger charge is -1.95. The summed E-state index contributed by atoms with van der Waals surface area (Å²) in [6.07, 6.45) is 0.861. The molecule has 7 heteroatoms. The van der Waals surface area contributed by atoms with Crippen molar-refractivity contribution in [2.45, 2.75) is 0 Å². The molecule has 1 heterocycles. The molecule has 0 saturated heterocycles. The van der Waals surface area contributed by atoms with Crippen LogP contribution in [-0.4, -0.2) is 15.0 Å². The molecule has 0 bridgehead atoms. The number of rotatable bonds is 1. The van der Waals surface area contributed by atoms with Crippen LogP contribution in [-0.2, 0) is 0 Å². The lowest BCUT2D eigenvalue weighted by atomic mass is 10.4. The second-order valence-electron chi connectivity index (χ2n) is 1.92. The van der Waals surface area contributed by atoms with Gasteiger partial charge in [-0.05, 0) is 22.6 Å². The van der Waals surface area contributed by atoms with Gasteiger partial charge in [0.05, 0.1) is 11.1 Å².